The first kappa shape index (κ1) is 13.6. The van der Waals surface area contributed by atoms with Gasteiger partial charge in [-0.3, -0.25) is 4.79 Å². The largest absolute Gasteiger partial charge is 0.348 e. The topological polar surface area (TPSA) is 60.0 Å². The van der Waals surface area contributed by atoms with Crippen LogP contribution in [0.2, 0.25) is 0 Å². The molecule has 4 nitrogen and oxygen atoms in total. The number of benzene rings is 1. The summed E-state index contributed by atoms with van der Waals surface area (Å²) in [4.78, 5) is 12.1. The highest BCUT2D eigenvalue weighted by molar-refractivity contribution is 6.02. The summed E-state index contributed by atoms with van der Waals surface area (Å²) in [6.07, 6.45) is 2.37. The van der Waals surface area contributed by atoms with Gasteiger partial charge in [0.25, 0.3) is 0 Å². The maximum Gasteiger partial charge on any atom is 0.225 e. The van der Waals surface area contributed by atoms with E-state index in [9.17, 15) is 4.79 Å². The van der Waals surface area contributed by atoms with Crippen molar-refractivity contribution >= 4 is 22.5 Å². The molecular weight excluding hydrogens is 238 g/mol. The van der Waals surface area contributed by atoms with Gasteiger partial charge in [-0.25, -0.2) is 0 Å². The van der Waals surface area contributed by atoms with Crippen molar-refractivity contribution in [2.75, 3.05) is 11.9 Å². The smallest absolute Gasteiger partial charge is 0.225 e. The van der Waals surface area contributed by atoms with Gasteiger partial charge in [0.2, 0.25) is 5.91 Å². The molecule has 0 radical (unpaired) electrons. The molecular formula is C15H21N3O. The Kier molecular flexibility index (Phi) is 3.62. The van der Waals surface area contributed by atoms with Crippen molar-refractivity contribution < 1.29 is 4.79 Å². The number of nitrogens with one attached hydrogen (secondary N) is 1. The number of hydrogen-bond donors (Lipinski definition) is 2. The molecule has 0 spiro atoms. The average molecular weight is 259 g/mol. The van der Waals surface area contributed by atoms with E-state index in [1.54, 1.807) is 0 Å². The van der Waals surface area contributed by atoms with Crippen LogP contribution in [0.1, 0.15) is 20.3 Å². The summed E-state index contributed by atoms with van der Waals surface area (Å²) in [5, 5.41) is 4.04. The Morgan fingerprint density at radius 1 is 1.37 bits per heavy atom. The predicted octanol–water partition coefficient (Wildman–Crippen LogP) is 2.49. The molecule has 0 saturated carbocycles. The molecule has 0 bridgehead atoms. The fourth-order valence-electron chi connectivity index (χ4n) is 2.14. The minimum Gasteiger partial charge on any atom is -0.348 e. The van der Waals surface area contributed by atoms with Crippen LogP contribution in [0, 0.1) is 5.41 Å². The van der Waals surface area contributed by atoms with Crippen molar-refractivity contribution in [2.45, 2.75) is 20.3 Å². The van der Waals surface area contributed by atoms with Gasteiger partial charge in [-0.1, -0.05) is 32.0 Å². The highest BCUT2D eigenvalue weighted by Crippen LogP contribution is 2.26. The van der Waals surface area contributed by atoms with Crippen LogP contribution in [0.4, 0.5) is 5.69 Å². The van der Waals surface area contributed by atoms with E-state index < -0.39 is 0 Å². The van der Waals surface area contributed by atoms with Gasteiger partial charge in [0.05, 0.1) is 5.69 Å². The summed E-state index contributed by atoms with van der Waals surface area (Å²) in [6, 6.07) is 8.01. The van der Waals surface area contributed by atoms with Crippen LogP contribution in [-0.4, -0.2) is 17.0 Å². The Morgan fingerprint density at radius 2 is 2.05 bits per heavy atom. The van der Waals surface area contributed by atoms with Gasteiger partial charge >= 0.3 is 0 Å². The van der Waals surface area contributed by atoms with Crippen LogP contribution < -0.4 is 11.1 Å². The molecule has 102 valence electrons. The Labute approximate surface area is 113 Å². The van der Waals surface area contributed by atoms with Crippen LogP contribution in [0.25, 0.3) is 10.9 Å². The number of anilines is 1. The number of amides is 1. The van der Waals surface area contributed by atoms with E-state index in [4.69, 9.17) is 5.73 Å². The summed E-state index contributed by atoms with van der Waals surface area (Å²) in [5.74, 6) is 0.00630. The molecule has 1 aromatic heterocycles. The number of nitrogens with two attached hydrogens (primary N) is 1. The zero-order chi connectivity index (χ0) is 14.0. The van der Waals surface area contributed by atoms with Gasteiger partial charge in [-0.15, -0.1) is 0 Å². The molecule has 0 aliphatic heterocycles. The number of rotatable bonds is 4. The summed E-state index contributed by atoms with van der Waals surface area (Å²) < 4.78 is 2.01. The van der Waals surface area contributed by atoms with Crippen molar-refractivity contribution in [1.82, 2.24) is 4.57 Å². The maximum absolute atomic E-state index is 12.1. The average Bonchev–Trinajstić information content (AvgIpc) is 2.66. The molecule has 4 heteroatoms. The molecule has 0 atom stereocenters. The summed E-state index contributed by atoms with van der Waals surface area (Å²) >= 11 is 0. The molecule has 1 aromatic carbocycles. The molecule has 2 rings (SSSR count). The standard InChI is InChI=1S/C15H21N3O/c1-15(2,10-16)8-14(19)17-12-9-18(3)13-7-5-4-6-11(12)13/h4-7,9H,8,10,16H2,1-3H3,(H,17,19). The second-order valence-corrected chi connectivity index (χ2v) is 5.76. The van der Waals surface area contributed by atoms with E-state index in [1.165, 1.54) is 0 Å². The maximum atomic E-state index is 12.1. The van der Waals surface area contributed by atoms with Crippen LogP contribution in [0.5, 0.6) is 0 Å². The predicted molar refractivity (Wildman–Crippen MR) is 79.0 cm³/mol. The third-order valence-corrected chi connectivity index (χ3v) is 3.36. The van der Waals surface area contributed by atoms with Crippen LogP contribution >= 0.6 is 0 Å². The van der Waals surface area contributed by atoms with Crippen molar-refractivity contribution in [2.24, 2.45) is 18.2 Å². The third kappa shape index (κ3) is 2.96. The van der Waals surface area contributed by atoms with E-state index in [2.05, 4.69) is 5.32 Å². The van der Waals surface area contributed by atoms with Gasteiger partial charge in [-0.05, 0) is 18.0 Å². The second-order valence-electron chi connectivity index (χ2n) is 5.76. The quantitative estimate of drug-likeness (QED) is 0.886. The number of aromatic nitrogens is 1. The lowest BCUT2D eigenvalue weighted by Gasteiger charge is -2.21. The molecule has 19 heavy (non-hydrogen) atoms. The number of carbonyl (C=O) groups excluding carboxylic acids is 1. The van der Waals surface area contributed by atoms with E-state index in [0.29, 0.717) is 13.0 Å². The molecule has 1 amide bonds. The Bertz CT molecular complexity index is 598. The monoisotopic (exact) mass is 259 g/mol. The first-order chi connectivity index (χ1) is 8.93. The molecule has 0 fully saturated rings. The molecule has 1 heterocycles. The van der Waals surface area contributed by atoms with Gasteiger partial charge in [0.15, 0.2) is 0 Å². The number of carbonyl (C=O) groups is 1. The van der Waals surface area contributed by atoms with Gasteiger partial charge in [0, 0.05) is 30.6 Å². The fraction of sp³-hybridized carbons (Fsp3) is 0.400. The first-order valence-corrected chi connectivity index (χ1v) is 6.47. The normalized spacial score (nSPS) is 11.8. The zero-order valence-electron chi connectivity index (χ0n) is 11.7. The summed E-state index contributed by atoms with van der Waals surface area (Å²) in [5.41, 5.74) is 7.45. The third-order valence-electron chi connectivity index (χ3n) is 3.36. The SMILES string of the molecule is Cn1cc(NC(=O)CC(C)(C)CN)c2ccccc21. The zero-order valence-corrected chi connectivity index (χ0v) is 11.7. The van der Waals surface area contributed by atoms with E-state index >= 15 is 0 Å². The lowest BCUT2D eigenvalue weighted by atomic mass is 9.89. The molecule has 3 N–H and O–H groups in total. The number of hydrogen-bond acceptors (Lipinski definition) is 2. The Morgan fingerprint density at radius 3 is 2.74 bits per heavy atom. The second kappa shape index (κ2) is 5.05. The van der Waals surface area contributed by atoms with Crippen molar-refractivity contribution in [3.05, 3.63) is 30.5 Å². The van der Waals surface area contributed by atoms with Gasteiger partial charge in [0.1, 0.15) is 0 Å². The van der Waals surface area contributed by atoms with Crippen molar-refractivity contribution in [3.63, 3.8) is 0 Å². The minimum absolute atomic E-state index is 0.00630. The molecule has 2 aromatic rings. The van der Waals surface area contributed by atoms with Gasteiger partial charge in [-0.2, -0.15) is 0 Å². The summed E-state index contributed by atoms with van der Waals surface area (Å²) in [6.45, 7) is 4.49. The number of para-hydroxylation sites is 1. The van der Waals surface area contributed by atoms with Gasteiger partial charge < -0.3 is 15.6 Å². The molecule has 0 saturated heterocycles. The van der Waals surface area contributed by atoms with Crippen molar-refractivity contribution in [3.8, 4) is 0 Å². The lowest BCUT2D eigenvalue weighted by Crippen LogP contribution is -2.29. The van der Waals surface area contributed by atoms with Crippen LogP contribution in [0.3, 0.4) is 0 Å². The minimum atomic E-state index is -0.172. The van der Waals surface area contributed by atoms with E-state index in [1.807, 2.05) is 55.9 Å². The number of fused-ring (bicyclic) bond motifs is 1. The fourth-order valence-corrected chi connectivity index (χ4v) is 2.14. The molecule has 0 unspecified atom stereocenters. The van der Waals surface area contributed by atoms with E-state index in [-0.39, 0.29) is 11.3 Å². The van der Waals surface area contributed by atoms with E-state index in [0.717, 1.165) is 16.6 Å². The van der Waals surface area contributed by atoms with Crippen LogP contribution in [-0.2, 0) is 11.8 Å². The lowest BCUT2D eigenvalue weighted by molar-refractivity contribution is -0.117. The Hall–Kier alpha value is -1.81. The Balaban J connectivity index is 2.20. The number of nitrogens with zero attached hydrogens (tertiary/aromatic N) is 1. The highest BCUT2D eigenvalue weighted by Gasteiger charge is 2.20. The molecule has 0 aliphatic carbocycles. The summed E-state index contributed by atoms with van der Waals surface area (Å²) in [7, 11) is 1.97. The highest BCUT2D eigenvalue weighted by atomic mass is 16.1. The number of aryl methyl sites for hydroxylation is 1. The first-order valence-electron chi connectivity index (χ1n) is 6.47. The van der Waals surface area contributed by atoms with Crippen molar-refractivity contribution in [1.29, 1.82) is 0 Å². The van der Waals surface area contributed by atoms with Crippen LogP contribution in [0.15, 0.2) is 30.5 Å². The molecule has 0 aliphatic rings.